The number of carbonyl (C=O) groups is 2. The van der Waals surface area contributed by atoms with Gasteiger partial charge in [0.25, 0.3) is 0 Å². The second-order valence-electron chi connectivity index (χ2n) is 4.77. The first kappa shape index (κ1) is 17.1. The summed E-state index contributed by atoms with van der Waals surface area (Å²) in [7, 11) is 0. The fraction of sp³-hybridized carbons (Fsp3) is 0.500. The molecule has 0 saturated heterocycles. The van der Waals surface area contributed by atoms with Crippen LogP contribution < -0.4 is 5.32 Å². The Labute approximate surface area is 124 Å². The summed E-state index contributed by atoms with van der Waals surface area (Å²) in [6.45, 7) is 2.79. The van der Waals surface area contributed by atoms with E-state index in [4.69, 9.17) is 4.74 Å². The third kappa shape index (κ3) is 8.07. The Morgan fingerprint density at radius 3 is 2.52 bits per heavy atom. The fourth-order valence-electron chi connectivity index (χ4n) is 1.88. The van der Waals surface area contributed by atoms with E-state index in [2.05, 4.69) is 5.32 Å². The Hall–Kier alpha value is -1.91. The van der Waals surface area contributed by atoms with Gasteiger partial charge >= 0.3 is 5.97 Å². The van der Waals surface area contributed by atoms with Crippen molar-refractivity contribution in [2.45, 2.75) is 39.0 Å². The molecule has 0 atom stereocenters. The van der Waals surface area contributed by atoms with Crippen LogP contribution in [0.3, 0.4) is 0 Å². The van der Waals surface area contributed by atoms with Crippen molar-refractivity contribution in [2.24, 2.45) is 0 Å². The number of hydrogen-bond donors (Lipinski definition) is 1. The van der Waals surface area contributed by atoms with Crippen LogP contribution in [0.25, 0.3) is 0 Å². The minimum absolute atomic E-state index is 0.0769. The van der Waals surface area contributed by atoms with Crippen molar-refractivity contribution in [1.29, 1.82) is 0 Å². The molecule has 0 fully saturated rings. The van der Waals surface area contributed by atoms with Gasteiger partial charge in [0.2, 0.25) is 5.91 Å². The maximum absolute atomic E-state index is 12.7. The standard InChI is InChI=1S/C16H22FNO3/c1-2-21-16(20)6-4-3-5-11-18-15(19)12-13-7-9-14(17)10-8-13/h7-10H,2-6,11-12H2,1H3,(H,18,19). The van der Waals surface area contributed by atoms with E-state index in [9.17, 15) is 14.0 Å². The van der Waals surface area contributed by atoms with Crippen LogP contribution in [-0.4, -0.2) is 25.0 Å². The van der Waals surface area contributed by atoms with E-state index < -0.39 is 0 Å². The summed E-state index contributed by atoms with van der Waals surface area (Å²) in [6.07, 6.45) is 3.15. The highest BCUT2D eigenvalue weighted by Crippen LogP contribution is 2.04. The lowest BCUT2D eigenvalue weighted by atomic mass is 10.1. The monoisotopic (exact) mass is 295 g/mol. The van der Waals surface area contributed by atoms with E-state index in [-0.39, 0.29) is 24.1 Å². The molecule has 4 nitrogen and oxygen atoms in total. The van der Waals surface area contributed by atoms with Gasteiger partial charge in [-0.2, -0.15) is 0 Å². The normalized spacial score (nSPS) is 10.2. The first-order valence-corrected chi connectivity index (χ1v) is 7.28. The smallest absolute Gasteiger partial charge is 0.305 e. The maximum Gasteiger partial charge on any atom is 0.305 e. The van der Waals surface area contributed by atoms with Crippen molar-refractivity contribution in [2.75, 3.05) is 13.2 Å². The Kier molecular flexibility index (Phi) is 8.09. The van der Waals surface area contributed by atoms with Crippen LogP contribution in [0.4, 0.5) is 4.39 Å². The van der Waals surface area contributed by atoms with Crippen molar-refractivity contribution in [1.82, 2.24) is 5.32 Å². The number of amides is 1. The third-order valence-corrected chi connectivity index (χ3v) is 2.96. The predicted molar refractivity (Wildman–Crippen MR) is 78.2 cm³/mol. The number of halogens is 1. The molecular formula is C16H22FNO3. The molecule has 0 radical (unpaired) electrons. The topological polar surface area (TPSA) is 55.4 Å². The Balaban J connectivity index is 2.06. The summed E-state index contributed by atoms with van der Waals surface area (Å²) in [5, 5.41) is 2.81. The van der Waals surface area contributed by atoms with Crippen molar-refractivity contribution in [3.05, 3.63) is 35.6 Å². The molecule has 1 aromatic rings. The average molecular weight is 295 g/mol. The highest BCUT2D eigenvalue weighted by Gasteiger charge is 2.04. The molecule has 116 valence electrons. The second-order valence-corrected chi connectivity index (χ2v) is 4.77. The SMILES string of the molecule is CCOC(=O)CCCCCNC(=O)Cc1ccc(F)cc1. The molecule has 0 unspecified atom stereocenters. The van der Waals surface area contributed by atoms with Gasteiger partial charge in [-0.3, -0.25) is 9.59 Å². The first-order chi connectivity index (χ1) is 10.1. The number of hydrogen-bond acceptors (Lipinski definition) is 3. The lowest BCUT2D eigenvalue weighted by molar-refractivity contribution is -0.143. The van der Waals surface area contributed by atoms with Gasteiger partial charge in [-0.1, -0.05) is 18.6 Å². The van der Waals surface area contributed by atoms with Crippen LogP contribution in [0.2, 0.25) is 0 Å². The van der Waals surface area contributed by atoms with Crippen LogP contribution in [-0.2, 0) is 20.7 Å². The zero-order valence-electron chi connectivity index (χ0n) is 12.4. The highest BCUT2D eigenvalue weighted by molar-refractivity contribution is 5.78. The molecule has 1 aromatic carbocycles. The molecule has 1 amide bonds. The number of ether oxygens (including phenoxy) is 1. The first-order valence-electron chi connectivity index (χ1n) is 7.28. The number of carbonyl (C=O) groups excluding carboxylic acids is 2. The number of rotatable bonds is 9. The molecule has 0 aromatic heterocycles. The number of unbranched alkanes of at least 4 members (excludes halogenated alkanes) is 2. The van der Waals surface area contributed by atoms with Crippen LogP contribution in [0.5, 0.6) is 0 Å². The van der Waals surface area contributed by atoms with E-state index in [1.165, 1.54) is 12.1 Å². The summed E-state index contributed by atoms with van der Waals surface area (Å²) in [5.41, 5.74) is 0.788. The molecule has 0 saturated carbocycles. The molecule has 5 heteroatoms. The summed E-state index contributed by atoms with van der Waals surface area (Å²) >= 11 is 0. The van der Waals surface area contributed by atoms with E-state index in [1.54, 1.807) is 19.1 Å². The summed E-state index contributed by atoms with van der Waals surface area (Å²) in [5.74, 6) is -0.550. The van der Waals surface area contributed by atoms with Gasteiger partial charge < -0.3 is 10.1 Å². The molecule has 0 bridgehead atoms. The van der Waals surface area contributed by atoms with E-state index >= 15 is 0 Å². The molecule has 0 aliphatic rings. The van der Waals surface area contributed by atoms with Crippen molar-refractivity contribution in [3.8, 4) is 0 Å². The van der Waals surface area contributed by atoms with Gasteiger partial charge in [0.05, 0.1) is 13.0 Å². The number of benzene rings is 1. The molecule has 1 rings (SSSR count). The van der Waals surface area contributed by atoms with Gasteiger partial charge in [-0.05, 0) is 37.5 Å². The maximum atomic E-state index is 12.7. The van der Waals surface area contributed by atoms with E-state index in [0.29, 0.717) is 19.6 Å². The van der Waals surface area contributed by atoms with E-state index in [0.717, 1.165) is 24.8 Å². The average Bonchev–Trinajstić information content (AvgIpc) is 2.45. The fourth-order valence-corrected chi connectivity index (χ4v) is 1.88. The minimum Gasteiger partial charge on any atom is -0.466 e. The summed E-state index contributed by atoms with van der Waals surface area (Å²) in [6, 6.07) is 5.90. The van der Waals surface area contributed by atoms with E-state index in [1.807, 2.05) is 0 Å². The third-order valence-electron chi connectivity index (χ3n) is 2.96. The Morgan fingerprint density at radius 1 is 1.14 bits per heavy atom. The largest absolute Gasteiger partial charge is 0.466 e. The van der Waals surface area contributed by atoms with Crippen LogP contribution in [0, 0.1) is 5.82 Å². The highest BCUT2D eigenvalue weighted by atomic mass is 19.1. The summed E-state index contributed by atoms with van der Waals surface area (Å²) < 4.78 is 17.5. The van der Waals surface area contributed by atoms with Crippen LogP contribution in [0.15, 0.2) is 24.3 Å². The van der Waals surface area contributed by atoms with Crippen molar-refractivity contribution >= 4 is 11.9 Å². The quantitative estimate of drug-likeness (QED) is 0.563. The van der Waals surface area contributed by atoms with Gasteiger partial charge in [0.1, 0.15) is 5.82 Å². The lowest BCUT2D eigenvalue weighted by Crippen LogP contribution is -2.26. The zero-order chi connectivity index (χ0) is 15.5. The molecular weight excluding hydrogens is 273 g/mol. The molecule has 0 spiro atoms. The zero-order valence-corrected chi connectivity index (χ0v) is 12.4. The lowest BCUT2D eigenvalue weighted by Gasteiger charge is -2.05. The van der Waals surface area contributed by atoms with Gasteiger partial charge in [0.15, 0.2) is 0 Å². The van der Waals surface area contributed by atoms with Gasteiger partial charge in [-0.25, -0.2) is 4.39 Å². The van der Waals surface area contributed by atoms with Crippen molar-refractivity contribution < 1.29 is 18.7 Å². The Bertz CT molecular complexity index is 445. The van der Waals surface area contributed by atoms with Crippen LogP contribution >= 0.6 is 0 Å². The van der Waals surface area contributed by atoms with Gasteiger partial charge in [-0.15, -0.1) is 0 Å². The minimum atomic E-state index is -0.305. The molecule has 0 heterocycles. The number of esters is 1. The molecule has 1 N–H and O–H groups in total. The van der Waals surface area contributed by atoms with Crippen molar-refractivity contribution in [3.63, 3.8) is 0 Å². The second kappa shape index (κ2) is 9.91. The predicted octanol–water partition coefficient (Wildman–Crippen LogP) is 2.61. The molecule has 0 aliphatic heterocycles. The number of nitrogens with one attached hydrogen (secondary N) is 1. The Morgan fingerprint density at radius 2 is 1.86 bits per heavy atom. The summed E-state index contributed by atoms with van der Waals surface area (Å²) in [4.78, 5) is 22.7. The molecule has 0 aliphatic carbocycles. The van der Waals surface area contributed by atoms with Crippen LogP contribution in [0.1, 0.15) is 38.2 Å². The van der Waals surface area contributed by atoms with Gasteiger partial charge in [0, 0.05) is 13.0 Å². The molecule has 21 heavy (non-hydrogen) atoms.